The Morgan fingerprint density at radius 2 is 1.61 bits per heavy atom. The molecular weight excluding hydrogens is 306 g/mol. The third-order valence-corrected chi connectivity index (χ3v) is 2.75. The van der Waals surface area contributed by atoms with Crippen molar-refractivity contribution in [3.05, 3.63) is 0 Å². The molecule has 8 heteroatoms. The number of rotatable bonds is 7. The van der Waals surface area contributed by atoms with Gasteiger partial charge in [0, 0.05) is 21.2 Å². The summed E-state index contributed by atoms with van der Waals surface area (Å²) < 4.78 is 14.0. The molecule has 23 heavy (non-hydrogen) atoms. The van der Waals surface area contributed by atoms with E-state index in [1.807, 2.05) is 0 Å². The molecule has 0 spiro atoms. The number of methoxy groups -OCH3 is 2. The molecule has 8 nitrogen and oxygen atoms in total. The molecular formula is C15H27NO7. The van der Waals surface area contributed by atoms with Gasteiger partial charge in [-0.05, 0) is 20.8 Å². The number of carbonyl (C=O) groups excluding carboxylic acids is 4. The van der Waals surface area contributed by atoms with Crippen molar-refractivity contribution in [1.82, 2.24) is 4.90 Å². The van der Waals surface area contributed by atoms with Crippen LogP contribution in [0.5, 0.6) is 0 Å². The van der Waals surface area contributed by atoms with E-state index in [1.54, 1.807) is 21.0 Å². The molecule has 0 N–H and O–H groups in total. The van der Waals surface area contributed by atoms with Crippen molar-refractivity contribution in [3.8, 4) is 0 Å². The normalized spacial score (nSPS) is 12.1. The first-order chi connectivity index (χ1) is 10.5. The molecule has 0 aromatic heterocycles. The molecule has 0 aliphatic carbocycles. The molecule has 134 valence electrons. The third-order valence-electron chi connectivity index (χ3n) is 2.75. The molecule has 0 fully saturated rings. The van der Waals surface area contributed by atoms with Gasteiger partial charge in [0.1, 0.15) is 12.2 Å². The Balaban J connectivity index is 0. The van der Waals surface area contributed by atoms with Gasteiger partial charge in [-0.2, -0.15) is 0 Å². The minimum atomic E-state index is -1.20. The van der Waals surface area contributed by atoms with E-state index in [4.69, 9.17) is 4.74 Å². The first kappa shape index (κ1) is 23.3. The highest BCUT2D eigenvalue weighted by Crippen LogP contribution is 2.17. The predicted molar refractivity (Wildman–Crippen MR) is 82.7 cm³/mol. The fourth-order valence-electron chi connectivity index (χ4n) is 1.31. The van der Waals surface area contributed by atoms with Gasteiger partial charge in [0.25, 0.3) is 0 Å². The van der Waals surface area contributed by atoms with Gasteiger partial charge in [-0.3, -0.25) is 14.4 Å². The van der Waals surface area contributed by atoms with Gasteiger partial charge in [0.2, 0.25) is 5.91 Å². The van der Waals surface area contributed by atoms with Crippen molar-refractivity contribution in [2.75, 3.05) is 34.9 Å². The zero-order chi connectivity index (χ0) is 18.6. The predicted octanol–water partition coefficient (Wildman–Crippen LogP) is 0.571. The zero-order valence-corrected chi connectivity index (χ0v) is 14.9. The van der Waals surface area contributed by atoms with Crippen LogP contribution in [0, 0.1) is 0 Å². The average Bonchev–Trinajstić information content (AvgIpc) is 2.46. The maximum atomic E-state index is 11.4. The summed E-state index contributed by atoms with van der Waals surface area (Å²) in [6.07, 6.45) is -0.128. The first-order valence-electron chi connectivity index (χ1n) is 7.02. The summed E-state index contributed by atoms with van der Waals surface area (Å²) in [6, 6.07) is 0. The first-order valence-corrected chi connectivity index (χ1v) is 7.02. The third kappa shape index (κ3) is 10.4. The van der Waals surface area contributed by atoms with E-state index < -0.39 is 17.5 Å². The van der Waals surface area contributed by atoms with Crippen LogP contribution in [0.3, 0.4) is 0 Å². The zero-order valence-electron chi connectivity index (χ0n) is 14.9. The summed E-state index contributed by atoms with van der Waals surface area (Å²) >= 11 is 0. The highest BCUT2D eigenvalue weighted by molar-refractivity contribution is 5.94. The lowest BCUT2D eigenvalue weighted by Crippen LogP contribution is -2.43. The smallest absolute Gasteiger partial charge is 0.338 e. The molecule has 0 bridgehead atoms. The van der Waals surface area contributed by atoms with E-state index in [9.17, 15) is 19.2 Å². The van der Waals surface area contributed by atoms with Gasteiger partial charge >= 0.3 is 11.9 Å². The second kappa shape index (κ2) is 11.6. The van der Waals surface area contributed by atoms with Crippen molar-refractivity contribution in [2.24, 2.45) is 0 Å². The summed E-state index contributed by atoms with van der Waals surface area (Å²) in [5, 5.41) is 0. The maximum Gasteiger partial charge on any atom is 0.338 e. The molecule has 1 atom stereocenters. The molecule has 0 saturated heterocycles. The van der Waals surface area contributed by atoms with Gasteiger partial charge < -0.3 is 19.1 Å². The summed E-state index contributed by atoms with van der Waals surface area (Å²) in [7, 11) is 5.88. The molecule has 0 heterocycles. The van der Waals surface area contributed by atoms with Gasteiger partial charge in [0.15, 0.2) is 5.60 Å². The van der Waals surface area contributed by atoms with Crippen molar-refractivity contribution >= 4 is 23.6 Å². The van der Waals surface area contributed by atoms with Gasteiger partial charge in [-0.1, -0.05) is 0 Å². The number of ether oxygens (including phenoxy) is 3. The highest BCUT2D eigenvalue weighted by atomic mass is 16.6. The summed E-state index contributed by atoms with van der Waals surface area (Å²) in [6.45, 7) is 4.93. The number of esters is 2. The number of Topliss-reactive ketones (excluding diaryl/α,β-unsaturated/α-hetero) is 1. The molecule has 0 aliphatic heterocycles. The summed E-state index contributed by atoms with van der Waals surface area (Å²) in [5.74, 6) is -1.33. The van der Waals surface area contributed by atoms with Crippen molar-refractivity contribution in [3.63, 3.8) is 0 Å². The van der Waals surface area contributed by atoms with Crippen LogP contribution in [0.2, 0.25) is 0 Å². The Kier molecular flexibility index (Phi) is 11.7. The van der Waals surface area contributed by atoms with Crippen molar-refractivity contribution in [1.29, 1.82) is 0 Å². The largest absolute Gasteiger partial charge is 0.467 e. The second-order valence-corrected chi connectivity index (χ2v) is 5.08. The SMILES string of the molecule is CCOC(=O)CC(C)=O.COC(=O)C(C)(CC(=O)N(C)C)OC. The van der Waals surface area contributed by atoms with Gasteiger partial charge in [-0.15, -0.1) is 0 Å². The quantitative estimate of drug-likeness (QED) is 0.496. The van der Waals surface area contributed by atoms with Gasteiger partial charge in [-0.25, -0.2) is 4.79 Å². The van der Waals surface area contributed by atoms with E-state index in [2.05, 4.69) is 9.47 Å². The van der Waals surface area contributed by atoms with E-state index in [0.29, 0.717) is 6.61 Å². The maximum absolute atomic E-state index is 11.4. The fourth-order valence-corrected chi connectivity index (χ4v) is 1.31. The van der Waals surface area contributed by atoms with Crippen LogP contribution in [0.1, 0.15) is 33.6 Å². The van der Waals surface area contributed by atoms with E-state index in [0.717, 1.165) is 0 Å². The van der Waals surface area contributed by atoms with Crippen LogP contribution in [0.15, 0.2) is 0 Å². The number of hydrogen-bond donors (Lipinski definition) is 0. The number of amides is 1. The standard InChI is InChI=1S/C9H17NO4.C6H10O3/c1-9(14-5,8(12)13-4)6-7(11)10(2)3;1-3-9-6(8)4-5(2)7/h6H2,1-5H3;3-4H2,1-2H3. The van der Waals surface area contributed by atoms with Crippen LogP contribution in [-0.4, -0.2) is 69.1 Å². The number of hydrogen-bond acceptors (Lipinski definition) is 7. The Morgan fingerprint density at radius 1 is 1.09 bits per heavy atom. The Morgan fingerprint density at radius 3 is 1.91 bits per heavy atom. The van der Waals surface area contributed by atoms with Crippen LogP contribution in [0.25, 0.3) is 0 Å². The number of ketones is 1. The Bertz CT molecular complexity index is 420. The Labute approximate surface area is 137 Å². The minimum Gasteiger partial charge on any atom is -0.467 e. The fraction of sp³-hybridized carbons (Fsp3) is 0.733. The minimum absolute atomic E-state index is 0.0246. The lowest BCUT2D eigenvalue weighted by atomic mass is 10.0. The highest BCUT2D eigenvalue weighted by Gasteiger charge is 2.37. The Hall–Kier alpha value is -1.96. The molecule has 0 radical (unpaired) electrons. The molecule has 0 aromatic carbocycles. The van der Waals surface area contributed by atoms with Crippen molar-refractivity contribution < 1.29 is 33.4 Å². The lowest BCUT2D eigenvalue weighted by molar-refractivity contribution is -0.167. The average molecular weight is 333 g/mol. The molecule has 0 saturated carbocycles. The van der Waals surface area contributed by atoms with E-state index >= 15 is 0 Å². The lowest BCUT2D eigenvalue weighted by Gasteiger charge is -2.25. The summed E-state index contributed by atoms with van der Waals surface area (Å²) in [4.78, 5) is 44.7. The molecule has 1 unspecified atom stereocenters. The molecule has 0 aromatic rings. The van der Waals surface area contributed by atoms with Crippen LogP contribution >= 0.6 is 0 Å². The van der Waals surface area contributed by atoms with Crippen LogP contribution < -0.4 is 0 Å². The second-order valence-electron chi connectivity index (χ2n) is 5.08. The number of nitrogens with zero attached hydrogens (tertiary/aromatic N) is 1. The number of carbonyl (C=O) groups is 4. The van der Waals surface area contributed by atoms with Gasteiger partial charge in [0.05, 0.1) is 20.1 Å². The molecule has 0 rings (SSSR count). The summed E-state index contributed by atoms with van der Waals surface area (Å²) in [5.41, 5.74) is -1.20. The topological polar surface area (TPSA) is 99.2 Å². The molecule has 0 aliphatic rings. The van der Waals surface area contributed by atoms with E-state index in [1.165, 1.54) is 33.0 Å². The van der Waals surface area contributed by atoms with Crippen LogP contribution in [0.4, 0.5) is 0 Å². The van der Waals surface area contributed by atoms with Crippen LogP contribution in [-0.2, 0) is 33.4 Å². The van der Waals surface area contributed by atoms with Crippen molar-refractivity contribution in [2.45, 2.75) is 39.2 Å². The van der Waals surface area contributed by atoms with E-state index in [-0.39, 0.29) is 24.5 Å². The monoisotopic (exact) mass is 333 g/mol. The molecule has 1 amide bonds.